The number of allylic oxidation sites excluding steroid dienone is 2. The minimum atomic E-state index is 0.740. The molecule has 2 atom stereocenters. The van der Waals surface area contributed by atoms with Crippen molar-refractivity contribution in [3.8, 4) is 0 Å². The van der Waals surface area contributed by atoms with Gasteiger partial charge in [-0.2, -0.15) is 0 Å². The second-order valence-corrected chi connectivity index (χ2v) is 5.65. The second-order valence-electron chi connectivity index (χ2n) is 5.65. The molecule has 0 heteroatoms. The van der Waals surface area contributed by atoms with Crippen molar-refractivity contribution in [3.63, 3.8) is 0 Å². The van der Waals surface area contributed by atoms with Crippen LogP contribution in [0.4, 0.5) is 0 Å². The molecule has 1 aromatic rings. The van der Waals surface area contributed by atoms with Crippen LogP contribution >= 0.6 is 0 Å². The molecule has 1 aliphatic carbocycles. The SMILES string of the molecule is CC.CC[C@H]1CC(C)=C(C)C[C@@H]1c1ccc(C)cc1. The van der Waals surface area contributed by atoms with E-state index < -0.39 is 0 Å². The number of hydrogen-bond donors (Lipinski definition) is 0. The van der Waals surface area contributed by atoms with Crippen LogP contribution in [0, 0.1) is 12.8 Å². The fourth-order valence-corrected chi connectivity index (χ4v) is 3.01. The number of aryl methyl sites for hydroxylation is 1. The van der Waals surface area contributed by atoms with Gasteiger partial charge in [-0.1, -0.05) is 68.2 Å². The van der Waals surface area contributed by atoms with Crippen molar-refractivity contribution in [3.05, 3.63) is 46.5 Å². The van der Waals surface area contributed by atoms with Gasteiger partial charge < -0.3 is 0 Å². The lowest BCUT2D eigenvalue weighted by Gasteiger charge is -2.33. The highest BCUT2D eigenvalue weighted by molar-refractivity contribution is 5.29. The first-order valence-electron chi connectivity index (χ1n) is 7.83. The maximum atomic E-state index is 2.33. The molecule has 0 aliphatic heterocycles. The molecular formula is C19H30. The maximum Gasteiger partial charge on any atom is -0.00934 e. The molecule has 0 radical (unpaired) electrons. The van der Waals surface area contributed by atoms with Gasteiger partial charge in [-0.3, -0.25) is 0 Å². The van der Waals surface area contributed by atoms with Crippen LogP contribution in [0.1, 0.15) is 70.9 Å². The van der Waals surface area contributed by atoms with Gasteiger partial charge in [-0.15, -0.1) is 0 Å². The Morgan fingerprint density at radius 2 is 1.42 bits per heavy atom. The van der Waals surface area contributed by atoms with Crippen LogP contribution in [0.2, 0.25) is 0 Å². The largest absolute Gasteiger partial charge is 0.0741 e. The average Bonchev–Trinajstić information content (AvgIpc) is 2.44. The Hall–Kier alpha value is -1.04. The summed E-state index contributed by atoms with van der Waals surface area (Å²) in [6, 6.07) is 9.16. The van der Waals surface area contributed by atoms with Gasteiger partial charge in [0.2, 0.25) is 0 Å². The molecule has 1 aliphatic rings. The van der Waals surface area contributed by atoms with Crippen LogP contribution in [0.3, 0.4) is 0 Å². The van der Waals surface area contributed by atoms with E-state index in [-0.39, 0.29) is 0 Å². The van der Waals surface area contributed by atoms with Gasteiger partial charge in [0.25, 0.3) is 0 Å². The van der Waals surface area contributed by atoms with Crippen LogP contribution < -0.4 is 0 Å². The van der Waals surface area contributed by atoms with Gasteiger partial charge >= 0.3 is 0 Å². The molecule has 0 spiro atoms. The van der Waals surface area contributed by atoms with Crippen LogP contribution in [0.15, 0.2) is 35.4 Å². The molecule has 0 amide bonds. The molecule has 0 nitrogen and oxygen atoms in total. The normalized spacial score (nSPS) is 22.8. The Labute approximate surface area is 119 Å². The molecule has 0 saturated heterocycles. The van der Waals surface area contributed by atoms with Crippen molar-refractivity contribution < 1.29 is 0 Å². The van der Waals surface area contributed by atoms with E-state index in [1.54, 1.807) is 11.1 Å². The van der Waals surface area contributed by atoms with Crippen molar-refractivity contribution in [2.45, 2.75) is 66.7 Å². The second kappa shape index (κ2) is 7.53. The predicted octanol–water partition coefficient (Wildman–Crippen LogP) is 6.26. The van der Waals surface area contributed by atoms with Crippen LogP contribution in [0.5, 0.6) is 0 Å². The molecule has 0 N–H and O–H groups in total. The van der Waals surface area contributed by atoms with Crippen molar-refractivity contribution in [1.82, 2.24) is 0 Å². The topological polar surface area (TPSA) is 0 Å². The number of rotatable bonds is 2. The molecule has 0 fully saturated rings. The Kier molecular flexibility index (Phi) is 6.34. The van der Waals surface area contributed by atoms with E-state index in [0.717, 1.165) is 11.8 Å². The van der Waals surface area contributed by atoms with Gasteiger partial charge in [0, 0.05) is 0 Å². The summed E-state index contributed by atoms with van der Waals surface area (Å²) in [7, 11) is 0. The smallest absolute Gasteiger partial charge is 0.00934 e. The van der Waals surface area contributed by atoms with Crippen molar-refractivity contribution in [1.29, 1.82) is 0 Å². The maximum absolute atomic E-state index is 2.33. The Balaban J connectivity index is 0.000000861. The van der Waals surface area contributed by atoms with Gasteiger partial charge in [0.1, 0.15) is 0 Å². The van der Waals surface area contributed by atoms with E-state index in [1.165, 1.54) is 30.4 Å². The van der Waals surface area contributed by atoms with E-state index in [9.17, 15) is 0 Å². The molecule has 0 bridgehead atoms. The molecule has 0 unspecified atom stereocenters. The standard InChI is InChI=1S/C17H24.C2H6/c1-5-15-10-13(3)14(4)11-17(15)16-8-6-12(2)7-9-16;1-2/h6-9,15,17H,5,10-11H2,1-4H3;1-2H3/t15-,17-;/m0./s1. The highest BCUT2D eigenvalue weighted by Gasteiger charge is 2.26. The van der Waals surface area contributed by atoms with E-state index in [0.29, 0.717) is 0 Å². The first kappa shape index (κ1) is 16.0. The summed E-state index contributed by atoms with van der Waals surface area (Å²) in [5, 5.41) is 0. The lowest BCUT2D eigenvalue weighted by molar-refractivity contribution is 0.380. The van der Waals surface area contributed by atoms with Gasteiger partial charge in [0.05, 0.1) is 0 Å². The first-order valence-corrected chi connectivity index (χ1v) is 7.83. The Morgan fingerprint density at radius 1 is 0.895 bits per heavy atom. The lowest BCUT2D eigenvalue weighted by atomic mass is 9.72. The van der Waals surface area contributed by atoms with Crippen LogP contribution in [-0.4, -0.2) is 0 Å². The molecule has 19 heavy (non-hydrogen) atoms. The zero-order chi connectivity index (χ0) is 14.4. The molecule has 0 saturated carbocycles. The zero-order valence-corrected chi connectivity index (χ0v) is 13.6. The highest BCUT2D eigenvalue weighted by atomic mass is 14.3. The number of hydrogen-bond acceptors (Lipinski definition) is 0. The van der Waals surface area contributed by atoms with Crippen LogP contribution in [0.25, 0.3) is 0 Å². The Morgan fingerprint density at radius 3 is 1.95 bits per heavy atom. The summed E-state index contributed by atoms with van der Waals surface area (Å²) in [5.41, 5.74) is 6.14. The molecule has 2 rings (SSSR count). The monoisotopic (exact) mass is 258 g/mol. The molecular weight excluding hydrogens is 228 g/mol. The van der Waals surface area contributed by atoms with Gasteiger partial charge in [-0.05, 0) is 51.0 Å². The first-order chi connectivity index (χ1) is 9.11. The van der Waals surface area contributed by atoms with Crippen molar-refractivity contribution in [2.24, 2.45) is 5.92 Å². The fourth-order valence-electron chi connectivity index (χ4n) is 3.01. The quantitative estimate of drug-likeness (QED) is 0.549. The predicted molar refractivity (Wildman–Crippen MR) is 86.7 cm³/mol. The van der Waals surface area contributed by atoms with E-state index in [1.807, 2.05) is 13.8 Å². The number of benzene rings is 1. The zero-order valence-electron chi connectivity index (χ0n) is 13.6. The molecule has 1 aromatic carbocycles. The van der Waals surface area contributed by atoms with E-state index >= 15 is 0 Å². The van der Waals surface area contributed by atoms with Crippen molar-refractivity contribution >= 4 is 0 Å². The molecule has 106 valence electrons. The fraction of sp³-hybridized carbons (Fsp3) is 0.579. The summed E-state index contributed by atoms with van der Waals surface area (Å²) < 4.78 is 0. The summed E-state index contributed by atoms with van der Waals surface area (Å²) in [4.78, 5) is 0. The molecule has 0 aromatic heterocycles. The summed E-state index contributed by atoms with van der Waals surface area (Å²) in [5.74, 6) is 1.57. The molecule has 0 heterocycles. The summed E-state index contributed by atoms with van der Waals surface area (Å²) in [6.07, 6.45) is 3.84. The van der Waals surface area contributed by atoms with Gasteiger partial charge in [0.15, 0.2) is 0 Å². The Bertz CT molecular complexity index is 408. The third-order valence-electron chi connectivity index (χ3n) is 4.42. The summed E-state index contributed by atoms with van der Waals surface area (Å²) in [6.45, 7) is 13.1. The van der Waals surface area contributed by atoms with Crippen molar-refractivity contribution in [2.75, 3.05) is 0 Å². The van der Waals surface area contributed by atoms with Crippen LogP contribution in [-0.2, 0) is 0 Å². The minimum Gasteiger partial charge on any atom is -0.0741 e. The lowest BCUT2D eigenvalue weighted by Crippen LogP contribution is -2.18. The van der Waals surface area contributed by atoms with E-state index in [4.69, 9.17) is 0 Å². The van der Waals surface area contributed by atoms with E-state index in [2.05, 4.69) is 52.0 Å². The highest BCUT2D eigenvalue weighted by Crippen LogP contribution is 2.41. The van der Waals surface area contributed by atoms with Gasteiger partial charge in [-0.25, -0.2) is 0 Å². The third kappa shape index (κ3) is 3.96. The summed E-state index contributed by atoms with van der Waals surface area (Å²) >= 11 is 0. The minimum absolute atomic E-state index is 0.740. The average molecular weight is 258 g/mol. The third-order valence-corrected chi connectivity index (χ3v) is 4.42.